The number of hydrogen-bond donors (Lipinski definition) is 0. The van der Waals surface area contributed by atoms with Crippen LogP contribution >= 0.6 is 0 Å². The Balaban J connectivity index is 1.19. The first kappa shape index (κ1) is 22.3. The second-order valence-electron chi connectivity index (χ2n) is 9.19. The van der Waals surface area contributed by atoms with Gasteiger partial charge in [0.25, 0.3) is 11.8 Å². The molecule has 5 rings (SSSR count). The van der Waals surface area contributed by atoms with E-state index in [2.05, 4.69) is 22.1 Å². The number of amides is 2. The largest absolute Gasteiger partial charge is 0.335 e. The molecule has 0 N–H and O–H groups in total. The number of benzene rings is 1. The van der Waals surface area contributed by atoms with Crippen LogP contribution in [0, 0.1) is 0 Å². The molecule has 2 fully saturated rings. The van der Waals surface area contributed by atoms with Crippen LogP contribution in [0.15, 0.2) is 67.0 Å². The molecular weight excluding hydrogens is 424 g/mol. The van der Waals surface area contributed by atoms with Gasteiger partial charge in [-0.05, 0) is 60.7 Å². The molecule has 6 nitrogen and oxygen atoms in total. The molecule has 0 radical (unpaired) electrons. The van der Waals surface area contributed by atoms with Gasteiger partial charge in [0, 0.05) is 49.7 Å². The van der Waals surface area contributed by atoms with Crippen molar-refractivity contribution < 1.29 is 9.59 Å². The number of carbonyl (C=O) groups excluding carboxylic acids is 2. The van der Waals surface area contributed by atoms with Crippen LogP contribution in [0.4, 0.5) is 0 Å². The molecule has 0 spiro atoms. The number of carbonyl (C=O) groups is 2. The maximum atomic E-state index is 13.1. The van der Waals surface area contributed by atoms with Crippen LogP contribution in [0.5, 0.6) is 0 Å². The normalized spacial score (nSPS) is 16.9. The Bertz CT molecular complexity index is 1130. The number of aromatic nitrogens is 2. The Morgan fingerprint density at radius 1 is 0.676 bits per heavy atom. The Hall–Kier alpha value is -3.54. The summed E-state index contributed by atoms with van der Waals surface area (Å²) in [6.45, 7) is 2.11. The van der Waals surface area contributed by atoms with Crippen molar-refractivity contribution in [3.8, 4) is 11.4 Å². The monoisotopic (exact) mass is 454 g/mol. The summed E-state index contributed by atoms with van der Waals surface area (Å²) in [5.41, 5.74) is 4.09. The SMILES string of the molecule is O=C(c1ccc(C2CCCCC2)cc1)N1CCN(C(=O)c2ccnc(-c3ccccn3)c2)CC1. The first-order valence-corrected chi connectivity index (χ1v) is 12.2. The summed E-state index contributed by atoms with van der Waals surface area (Å²) in [6, 6.07) is 17.4. The fourth-order valence-electron chi connectivity index (χ4n) is 5.03. The minimum atomic E-state index is -0.0384. The number of piperazine rings is 1. The summed E-state index contributed by atoms with van der Waals surface area (Å²) in [5.74, 6) is 0.644. The van der Waals surface area contributed by atoms with Crippen LogP contribution < -0.4 is 0 Å². The molecule has 3 aromatic rings. The van der Waals surface area contributed by atoms with E-state index in [0.29, 0.717) is 43.4 Å². The van der Waals surface area contributed by atoms with Crippen molar-refractivity contribution in [2.45, 2.75) is 38.0 Å². The molecule has 174 valence electrons. The highest BCUT2D eigenvalue weighted by atomic mass is 16.2. The first-order chi connectivity index (χ1) is 16.7. The van der Waals surface area contributed by atoms with Crippen LogP contribution in [0.2, 0.25) is 0 Å². The summed E-state index contributed by atoms with van der Waals surface area (Å²) in [6.07, 6.45) is 9.82. The zero-order chi connectivity index (χ0) is 23.3. The van der Waals surface area contributed by atoms with Gasteiger partial charge in [0.2, 0.25) is 0 Å². The molecule has 1 aliphatic heterocycles. The molecule has 2 aromatic heterocycles. The molecule has 1 saturated carbocycles. The lowest BCUT2D eigenvalue weighted by Crippen LogP contribution is -2.50. The third kappa shape index (κ3) is 4.86. The van der Waals surface area contributed by atoms with Gasteiger partial charge in [0.1, 0.15) is 0 Å². The van der Waals surface area contributed by atoms with Crippen LogP contribution in [0.1, 0.15) is 64.3 Å². The average Bonchev–Trinajstić information content (AvgIpc) is 2.93. The maximum Gasteiger partial charge on any atom is 0.254 e. The third-order valence-electron chi connectivity index (χ3n) is 7.02. The number of nitrogens with zero attached hydrogens (tertiary/aromatic N) is 4. The van der Waals surface area contributed by atoms with E-state index in [0.717, 1.165) is 11.3 Å². The van der Waals surface area contributed by atoms with E-state index in [4.69, 9.17) is 0 Å². The summed E-state index contributed by atoms with van der Waals surface area (Å²) in [4.78, 5) is 38.5. The van der Waals surface area contributed by atoms with Crippen molar-refractivity contribution >= 4 is 11.8 Å². The van der Waals surface area contributed by atoms with Crippen LogP contribution in [0.3, 0.4) is 0 Å². The smallest absolute Gasteiger partial charge is 0.254 e. The van der Waals surface area contributed by atoms with Gasteiger partial charge < -0.3 is 9.80 Å². The van der Waals surface area contributed by atoms with Gasteiger partial charge in [-0.1, -0.05) is 37.5 Å². The summed E-state index contributed by atoms with van der Waals surface area (Å²) in [7, 11) is 0. The third-order valence-corrected chi connectivity index (χ3v) is 7.02. The lowest BCUT2D eigenvalue weighted by molar-refractivity contribution is 0.0535. The standard InChI is InChI=1S/C28H30N4O2/c33-27(23-11-9-22(10-12-23)21-6-2-1-3-7-21)31-16-18-32(19-17-31)28(34)24-13-15-30-26(20-24)25-8-4-5-14-29-25/h4-5,8-15,20-21H,1-3,6-7,16-19H2. The van der Waals surface area contributed by atoms with Gasteiger partial charge in [-0.2, -0.15) is 0 Å². The molecule has 1 aromatic carbocycles. The van der Waals surface area contributed by atoms with E-state index in [1.54, 1.807) is 24.5 Å². The molecule has 1 saturated heterocycles. The maximum absolute atomic E-state index is 13.1. The lowest BCUT2D eigenvalue weighted by atomic mass is 9.84. The van der Waals surface area contributed by atoms with E-state index in [9.17, 15) is 9.59 Å². The van der Waals surface area contributed by atoms with Crippen LogP contribution in [0.25, 0.3) is 11.4 Å². The molecule has 34 heavy (non-hydrogen) atoms. The van der Waals surface area contributed by atoms with E-state index >= 15 is 0 Å². The van der Waals surface area contributed by atoms with Crippen molar-refractivity contribution in [1.82, 2.24) is 19.8 Å². The Morgan fingerprint density at radius 3 is 1.97 bits per heavy atom. The van der Waals surface area contributed by atoms with E-state index in [1.165, 1.54) is 37.7 Å². The highest BCUT2D eigenvalue weighted by Crippen LogP contribution is 2.32. The van der Waals surface area contributed by atoms with Crippen molar-refractivity contribution in [1.29, 1.82) is 0 Å². The predicted octanol–water partition coefficient (Wildman–Crippen LogP) is 4.79. The Morgan fingerprint density at radius 2 is 1.32 bits per heavy atom. The zero-order valence-corrected chi connectivity index (χ0v) is 19.4. The molecule has 3 heterocycles. The highest BCUT2D eigenvalue weighted by molar-refractivity contribution is 5.96. The summed E-state index contributed by atoms with van der Waals surface area (Å²) < 4.78 is 0. The van der Waals surface area contributed by atoms with Gasteiger partial charge >= 0.3 is 0 Å². The number of rotatable bonds is 4. The minimum absolute atomic E-state index is 0.0384. The lowest BCUT2D eigenvalue weighted by Gasteiger charge is -2.35. The predicted molar refractivity (Wildman–Crippen MR) is 132 cm³/mol. The molecular formula is C28H30N4O2. The van der Waals surface area contributed by atoms with Gasteiger partial charge in [0.15, 0.2) is 0 Å². The Kier molecular flexibility index (Phi) is 6.65. The Labute approximate surface area is 200 Å². The van der Waals surface area contributed by atoms with Crippen molar-refractivity contribution in [3.05, 3.63) is 83.7 Å². The summed E-state index contributed by atoms with van der Waals surface area (Å²) >= 11 is 0. The van der Waals surface area contributed by atoms with Crippen LogP contribution in [-0.4, -0.2) is 57.8 Å². The molecule has 6 heteroatoms. The van der Waals surface area contributed by atoms with Crippen molar-refractivity contribution in [3.63, 3.8) is 0 Å². The van der Waals surface area contributed by atoms with Crippen molar-refractivity contribution in [2.24, 2.45) is 0 Å². The first-order valence-electron chi connectivity index (χ1n) is 12.2. The molecule has 0 atom stereocenters. The fraction of sp³-hybridized carbons (Fsp3) is 0.357. The molecule has 0 bridgehead atoms. The minimum Gasteiger partial charge on any atom is -0.335 e. The second-order valence-corrected chi connectivity index (χ2v) is 9.19. The van der Waals surface area contributed by atoms with E-state index in [1.807, 2.05) is 40.1 Å². The van der Waals surface area contributed by atoms with Gasteiger partial charge in [0.05, 0.1) is 11.4 Å². The summed E-state index contributed by atoms with van der Waals surface area (Å²) in [5, 5.41) is 0. The zero-order valence-electron chi connectivity index (χ0n) is 19.4. The second kappa shape index (κ2) is 10.2. The van der Waals surface area contributed by atoms with Gasteiger partial charge in [-0.3, -0.25) is 19.6 Å². The molecule has 0 unspecified atom stereocenters. The van der Waals surface area contributed by atoms with Crippen LogP contribution in [-0.2, 0) is 0 Å². The quantitative estimate of drug-likeness (QED) is 0.569. The van der Waals surface area contributed by atoms with Gasteiger partial charge in [-0.15, -0.1) is 0 Å². The number of pyridine rings is 2. The molecule has 2 amide bonds. The van der Waals surface area contributed by atoms with E-state index in [-0.39, 0.29) is 11.8 Å². The molecule has 2 aliphatic rings. The number of hydrogen-bond acceptors (Lipinski definition) is 4. The highest BCUT2D eigenvalue weighted by Gasteiger charge is 2.26. The average molecular weight is 455 g/mol. The van der Waals surface area contributed by atoms with Crippen molar-refractivity contribution in [2.75, 3.05) is 26.2 Å². The van der Waals surface area contributed by atoms with Gasteiger partial charge in [-0.25, -0.2) is 0 Å². The topological polar surface area (TPSA) is 66.4 Å². The fourth-order valence-corrected chi connectivity index (χ4v) is 5.03. The van der Waals surface area contributed by atoms with E-state index < -0.39 is 0 Å². The molecule has 1 aliphatic carbocycles.